The van der Waals surface area contributed by atoms with Gasteiger partial charge in [0.25, 0.3) is 0 Å². The smallest absolute Gasteiger partial charge is 0.137 e. The highest BCUT2D eigenvalue weighted by atomic mass is 16.5. The summed E-state index contributed by atoms with van der Waals surface area (Å²) in [6, 6.07) is 27.3. The fourth-order valence-electron chi connectivity index (χ4n) is 5.25. The molecule has 6 aromatic rings. The monoisotopic (exact) mass is 470 g/mol. The Morgan fingerprint density at radius 1 is 0.667 bits per heavy atom. The maximum atomic E-state index is 6.36. The van der Waals surface area contributed by atoms with Crippen LogP contribution in [0.1, 0.15) is 30.4 Å². The molecule has 0 amide bonds. The second-order valence-electron chi connectivity index (χ2n) is 9.51. The predicted octanol–water partition coefficient (Wildman–Crippen LogP) is 7.43. The maximum absolute atomic E-state index is 6.36. The third-order valence-electron chi connectivity index (χ3n) is 7.07. The van der Waals surface area contributed by atoms with Crippen molar-refractivity contribution in [2.24, 2.45) is 0 Å². The number of nitrogens with zero attached hydrogens (tertiary/aromatic N) is 4. The lowest BCUT2D eigenvalue weighted by molar-refractivity contribution is 0.483. The van der Waals surface area contributed by atoms with Crippen molar-refractivity contribution in [2.45, 2.75) is 32.1 Å². The highest BCUT2D eigenvalue weighted by Gasteiger charge is 2.14. The normalized spacial score (nSPS) is 13.8. The van der Waals surface area contributed by atoms with Crippen molar-refractivity contribution in [3.05, 3.63) is 109 Å². The van der Waals surface area contributed by atoms with Gasteiger partial charge in [0.1, 0.15) is 17.3 Å². The second kappa shape index (κ2) is 8.68. The molecule has 0 N–H and O–H groups in total. The van der Waals surface area contributed by atoms with E-state index in [-0.39, 0.29) is 0 Å². The van der Waals surface area contributed by atoms with Crippen LogP contribution in [-0.2, 0) is 12.8 Å². The molecule has 0 unspecified atom stereocenters. The van der Waals surface area contributed by atoms with Crippen LogP contribution in [0.2, 0.25) is 0 Å². The van der Waals surface area contributed by atoms with Crippen molar-refractivity contribution in [1.29, 1.82) is 0 Å². The van der Waals surface area contributed by atoms with E-state index in [0.717, 1.165) is 59.7 Å². The Morgan fingerprint density at radius 2 is 1.53 bits per heavy atom. The lowest BCUT2D eigenvalue weighted by atomic mass is 10.1. The first-order valence-corrected chi connectivity index (χ1v) is 12.6. The zero-order valence-electron chi connectivity index (χ0n) is 20.0. The number of ether oxygens (including phenoxy) is 1. The number of hydrogen-bond donors (Lipinski definition) is 0. The molecule has 0 saturated heterocycles. The van der Waals surface area contributed by atoms with Crippen molar-refractivity contribution in [3.63, 3.8) is 0 Å². The Labute approximate surface area is 209 Å². The number of fused-ring (bicyclic) bond motifs is 8. The van der Waals surface area contributed by atoms with Crippen LogP contribution in [-0.4, -0.2) is 19.3 Å². The summed E-state index contributed by atoms with van der Waals surface area (Å²) >= 11 is 0. The first-order chi connectivity index (χ1) is 17.8. The van der Waals surface area contributed by atoms with Crippen LogP contribution < -0.4 is 4.74 Å². The molecule has 0 aliphatic carbocycles. The summed E-state index contributed by atoms with van der Waals surface area (Å²) < 4.78 is 10.5. The van der Waals surface area contributed by atoms with Gasteiger partial charge < -0.3 is 4.74 Å². The van der Waals surface area contributed by atoms with Gasteiger partial charge in [0, 0.05) is 35.3 Å². The van der Waals surface area contributed by atoms with Gasteiger partial charge in [-0.15, -0.1) is 0 Å². The van der Waals surface area contributed by atoms with Crippen LogP contribution in [0.25, 0.3) is 33.3 Å². The van der Waals surface area contributed by atoms with Crippen molar-refractivity contribution < 1.29 is 4.74 Å². The molecule has 8 bridgehead atoms. The standard InChI is InChI=1S/C31H26N4O/c1-2-7-22-13-16-31(32-19-22)35-29-12-5-4-11-27(29)28-15-14-26(18-30(28)35)36-25-10-6-9-24(17-25)34-21-23(8-3-1)20-33-34/h4-6,9-21H,1-3,7-8H2. The maximum Gasteiger partial charge on any atom is 0.137 e. The van der Waals surface area contributed by atoms with E-state index >= 15 is 0 Å². The quantitative estimate of drug-likeness (QED) is 0.232. The lowest BCUT2D eigenvalue weighted by Crippen LogP contribution is -1.99. The van der Waals surface area contributed by atoms with Crippen molar-refractivity contribution in [1.82, 2.24) is 19.3 Å². The Balaban J connectivity index is 1.39. The van der Waals surface area contributed by atoms with E-state index in [0.29, 0.717) is 0 Å². The lowest BCUT2D eigenvalue weighted by Gasteiger charge is -2.11. The minimum Gasteiger partial charge on any atom is -0.457 e. The number of aromatic nitrogens is 4. The molecule has 5 nitrogen and oxygen atoms in total. The van der Waals surface area contributed by atoms with Crippen LogP contribution in [0.3, 0.4) is 0 Å². The highest BCUT2D eigenvalue weighted by Crippen LogP contribution is 2.35. The first-order valence-electron chi connectivity index (χ1n) is 12.6. The molecule has 2 aliphatic heterocycles. The molecule has 8 rings (SSSR count). The number of para-hydroxylation sites is 1. The van der Waals surface area contributed by atoms with E-state index in [1.807, 2.05) is 41.3 Å². The van der Waals surface area contributed by atoms with Crippen LogP contribution in [0.15, 0.2) is 97.5 Å². The predicted molar refractivity (Wildman–Crippen MR) is 143 cm³/mol. The molecule has 0 saturated carbocycles. The molecule has 36 heavy (non-hydrogen) atoms. The molecule has 0 radical (unpaired) electrons. The van der Waals surface area contributed by atoms with Crippen LogP contribution in [0.4, 0.5) is 0 Å². The Hall–Kier alpha value is -4.38. The summed E-state index contributed by atoms with van der Waals surface area (Å²) in [6.45, 7) is 0. The minimum absolute atomic E-state index is 0.781. The van der Waals surface area contributed by atoms with Crippen molar-refractivity contribution in [3.8, 4) is 23.0 Å². The molecule has 0 spiro atoms. The van der Waals surface area contributed by atoms with Crippen molar-refractivity contribution >= 4 is 21.8 Å². The average Bonchev–Trinajstić information content (AvgIpc) is 3.51. The summed E-state index contributed by atoms with van der Waals surface area (Å²) in [6.07, 6.45) is 11.7. The molecule has 3 aromatic heterocycles. The molecule has 5 heteroatoms. The van der Waals surface area contributed by atoms with Crippen molar-refractivity contribution in [2.75, 3.05) is 0 Å². The summed E-state index contributed by atoms with van der Waals surface area (Å²) in [7, 11) is 0. The number of pyridine rings is 1. The molecule has 5 heterocycles. The zero-order chi connectivity index (χ0) is 23.9. The molecule has 3 aromatic carbocycles. The fourth-order valence-corrected chi connectivity index (χ4v) is 5.25. The topological polar surface area (TPSA) is 44.9 Å². The zero-order valence-corrected chi connectivity index (χ0v) is 20.0. The Bertz CT molecular complexity index is 1690. The van der Waals surface area contributed by atoms with E-state index in [1.165, 1.54) is 28.3 Å². The first kappa shape index (κ1) is 20.9. The van der Waals surface area contributed by atoms with Gasteiger partial charge in [0.05, 0.1) is 22.9 Å². The van der Waals surface area contributed by atoms with E-state index in [4.69, 9.17) is 9.72 Å². The molecule has 176 valence electrons. The number of hydrogen-bond acceptors (Lipinski definition) is 3. The van der Waals surface area contributed by atoms with Crippen LogP contribution >= 0.6 is 0 Å². The fraction of sp³-hybridized carbons (Fsp3) is 0.161. The molecular weight excluding hydrogens is 444 g/mol. The summed E-state index contributed by atoms with van der Waals surface area (Å²) in [5, 5.41) is 7.00. The van der Waals surface area contributed by atoms with Gasteiger partial charge in [-0.05, 0) is 73.2 Å². The number of rotatable bonds is 0. The van der Waals surface area contributed by atoms with Gasteiger partial charge >= 0.3 is 0 Å². The number of aryl methyl sites for hydroxylation is 2. The second-order valence-corrected chi connectivity index (χ2v) is 9.51. The van der Waals surface area contributed by atoms with E-state index in [1.54, 1.807) is 0 Å². The van der Waals surface area contributed by atoms with Crippen LogP contribution in [0.5, 0.6) is 11.5 Å². The summed E-state index contributed by atoms with van der Waals surface area (Å²) in [5.74, 6) is 2.49. The van der Waals surface area contributed by atoms with Gasteiger partial charge in [-0.2, -0.15) is 5.10 Å². The van der Waals surface area contributed by atoms with Gasteiger partial charge in [0.2, 0.25) is 0 Å². The third kappa shape index (κ3) is 3.73. The van der Waals surface area contributed by atoms with Crippen LogP contribution in [0, 0.1) is 0 Å². The third-order valence-corrected chi connectivity index (χ3v) is 7.07. The largest absolute Gasteiger partial charge is 0.457 e. The Morgan fingerprint density at radius 3 is 2.44 bits per heavy atom. The van der Waals surface area contributed by atoms with E-state index in [2.05, 4.69) is 70.5 Å². The molecule has 0 atom stereocenters. The summed E-state index contributed by atoms with van der Waals surface area (Å²) in [4.78, 5) is 4.89. The minimum atomic E-state index is 0.781. The van der Waals surface area contributed by atoms with Gasteiger partial charge in [0.15, 0.2) is 0 Å². The van der Waals surface area contributed by atoms with Gasteiger partial charge in [-0.3, -0.25) is 4.57 Å². The highest BCUT2D eigenvalue weighted by molar-refractivity contribution is 6.09. The molecule has 0 fully saturated rings. The molecular formula is C31H26N4O. The average molecular weight is 471 g/mol. The van der Waals surface area contributed by atoms with Gasteiger partial charge in [-0.25, -0.2) is 9.67 Å². The number of benzene rings is 3. The Kier molecular flexibility index (Phi) is 5.05. The van der Waals surface area contributed by atoms with E-state index in [9.17, 15) is 0 Å². The van der Waals surface area contributed by atoms with Gasteiger partial charge in [-0.1, -0.05) is 36.8 Å². The SMILES string of the molecule is c1cc2cc(c1)-n1cc(cn1)CCCCCc1ccc(nc1)-n1c3ccccc3c3ccc(cc31)O2. The van der Waals surface area contributed by atoms with E-state index < -0.39 is 0 Å². The molecule has 2 aliphatic rings. The summed E-state index contributed by atoms with van der Waals surface area (Å²) in [5.41, 5.74) is 5.76.